The smallest absolute Gasteiger partial charge is 0.416 e. The van der Waals surface area contributed by atoms with Crippen LogP contribution >= 0.6 is 12.2 Å². The van der Waals surface area contributed by atoms with E-state index in [1.165, 1.54) is 26.4 Å². The van der Waals surface area contributed by atoms with Gasteiger partial charge in [-0.1, -0.05) is 30.9 Å². The molecule has 0 bridgehead atoms. The number of methoxy groups -OCH3 is 2. The highest BCUT2D eigenvalue weighted by molar-refractivity contribution is 7.81. The molecule has 2 nitrogen and oxygen atoms in total. The fourth-order valence-electron chi connectivity index (χ4n) is 2.16. The van der Waals surface area contributed by atoms with Crippen LogP contribution in [0.5, 0.6) is 11.5 Å². The maximum absolute atomic E-state index is 12.6. The van der Waals surface area contributed by atoms with Crippen LogP contribution in [0.25, 0.3) is 5.57 Å². The van der Waals surface area contributed by atoms with Gasteiger partial charge in [-0.25, -0.2) is 0 Å². The second kappa shape index (κ2) is 7.05. The highest BCUT2D eigenvalue weighted by Gasteiger charge is 2.30. The van der Waals surface area contributed by atoms with E-state index >= 15 is 0 Å². The molecular formula is C18H15F3O2S. The van der Waals surface area contributed by atoms with Gasteiger partial charge in [-0.2, -0.15) is 13.2 Å². The van der Waals surface area contributed by atoms with E-state index in [0.717, 1.165) is 12.1 Å². The monoisotopic (exact) mass is 352 g/mol. The second-order valence-electron chi connectivity index (χ2n) is 4.95. The van der Waals surface area contributed by atoms with Crippen molar-refractivity contribution in [2.75, 3.05) is 14.2 Å². The minimum Gasteiger partial charge on any atom is -0.497 e. The Bertz CT molecular complexity index is 765. The predicted molar refractivity (Wildman–Crippen MR) is 91.7 cm³/mol. The van der Waals surface area contributed by atoms with Crippen molar-refractivity contribution in [3.05, 3.63) is 65.7 Å². The number of halogens is 3. The van der Waals surface area contributed by atoms with Crippen molar-refractivity contribution in [1.29, 1.82) is 0 Å². The molecule has 6 heteroatoms. The predicted octanol–water partition coefficient (Wildman–Crippen LogP) is 5.15. The third-order valence-electron chi connectivity index (χ3n) is 3.48. The molecule has 24 heavy (non-hydrogen) atoms. The van der Waals surface area contributed by atoms with Gasteiger partial charge in [0.05, 0.1) is 24.6 Å². The van der Waals surface area contributed by atoms with Crippen molar-refractivity contribution in [3.63, 3.8) is 0 Å². The lowest BCUT2D eigenvalue weighted by atomic mass is 9.97. The van der Waals surface area contributed by atoms with Gasteiger partial charge >= 0.3 is 6.18 Å². The number of allylic oxidation sites excluding steroid dienone is 1. The summed E-state index contributed by atoms with van der Waals surface area (Å²) in [5.41, 5.74) is 0.855. The van der Waals surface area contributed by atoms with E-state index in [0.29, 0.717) is 33.1 Å². The molecule has 126 valence electrons. The van der Waals surface area contributed by atoms with Crippen LogP contribution in [0.3, 0.4) is 0 Å². The summed E-state index contributed by atoms with van der Waals surface area (Å²) in [6.45, 7) is 3.96. The molecule has 0 heterocycles. The topological polar surface area (TPSA) is 18.5 Å². The van der Waals surface area contributed by atoms with Gasteiger partial charge in [-0.05, 0) is 41.5 Å². The molecule has 0 radical (unpaired) electrons. The Hall–Kier alpha value is -2.34. The van der Waals surface area contributed by atoms with Gasteiger partial charge in [0.15, 0.2) is 0 Å². The Kier molecular flexibility index (Phi) is 5.29. The Labute approximate surface area is 143 Å². The van der Waals surface area contributed by atoms with Gasteiger partial charge < -0.3 is 9.47 Å². The Balaban J connectivity index is 2.35. The van der Waals surface area contributed by atoms with E-state index in [2.05, 4.69) is 6.58 Å². The summed E-state index contributed by atoms with van der Waals surface area (Å²) in [4.78, 5) is 0.343. The molecule has 0 aliphatic carbocycles. The van der Waals surface area contributed by atoms with Gasteiger partial charge in [0.2, 0.25) is 0 Å². The molecule has 0 aromatic heterocycles. The molecule has 0 atom stereocenters. The normalized spacial score (nSPS) is 11.0. The van der Waals surface area contributed by atoms with Crippen LogP contribution in [0.2, 0.25) is 0 Å². The van der Waals surface area contributed by atoms with Crippen molar-refractivity contribution in [2.24, 2.45) is 0 Å². The van der Waals surface area contributed by atoms with Crippen molar-refractivity contribution in [1.82, 2.24) is 0 Å². The third kappa shape index (κ3) is 3.76. The van der Waals surface area contributed by atoms with Gasteiger partial charge in [-0.15, -0.1) is 0 Å². The fourth-order valence-corrected chi connectivity index (χ4v) is 2.40. The van der Waals surface area contributed by atoms with Crippen LogP contribution < -0.4 is 9.47 Å². The van der Waals surface area contributed by atoms with E-state index in [1.807, 2.05) is 0 Å². The van der Waals surface area contributed by atoms with Gasteiger partial charge in [-0.3, -0.25) is 0 Å². The van der Waals surface area contributed by atoms with Gasteiger partial charge in [0, 0.05) is 5.56 Å². The van der Waals surface area contributed by atoms with Gasteiger partial charge in [0.1, 0.15) is 11.5 Å². The summed E-state index contributed by atoms with van der Waals surface area (Å²) in [6.07, 6.45) is -4.38. The lowest BCUT2D eigenvalue weighted by Gasteiger charge is -2.14. The summed E-state index contributed by atoms with van der Waals surface area (Å²) >= 11 is 5.37. The molecule has 0 unspecified atom stereocenters. The maximum atomic E-state index is 12.6. The number of hydrogen-bond acceptors (Lipinski definition) is 3. The summed E-state index contributed by atoms with van der Waals surface area (Å²) in [6, 6.07) is 9.84. The number of benzene rings is 2. The SMILES string of the molecule is C=C(C(=S)c1ccc(C(F)(F)F)cc1)c1cc(OC)ccc1OC. The van der Waals surface area contributed by atoms with Gasteiger partial charge in [0.25, 0.3) is 0 Å². The number of hydrogen-bond donors (Lipinski definition) is 0. The van der Waals surface area contributed by atoms with Crippen LogP contribution in [0, 0.1) is 0 Å². The van der Waals surface area contributed by atoms with E-state index in [9.17, 15) is 13.2 Å². The molecule has 0 fully saturated rings. The molecular weight excluding hydrogens is 337 g/mol. The average Bonchev–Trinajstić information content (AvgIpc) is 2.59. The molecule has 0 saturated carbocycles. The first-order chi connectivity index (χ1) is 11.3. The first-order valence-corrected chi connectivity index (χ1v) is 7.32. The fraction of sp³-hybridized carbons (Fsp3) is 0.167. The first-order valence-electron chi connectivity index (χ1n) is 6.91. The molecule has 0 saturated heterocycles. The van der Waals surface area contributed by atoms with E-state index in [4.69, 9.17) is 21.7 Å². The Morgan fingerprint density at radius 2 is 1.62 bits per heavy atom. The Morgan fingerprint density at radius 3 is 2.12 bits per heavy atom. The largest absolute Gasteiger partial charge is 0.497 e. The van der Waals surface area contributed by atoms with Crippen LogP contribution in [-0.2, 0) is 6.18 Å². The standard InChI is InChI=1S/C18H15F3O2S/c1-11(15-10-14(22-2)8-9-16(15)23-3)17(24)12-4-6-13(7-5-12)18(19,20)21/h4-10H,1H2,2-3H3. The van der Waals surface area contributed by atoms with E-state index in [-0.39, 0.29) is 0 Å². The first kappa shape index (κ1) is 18.0. The quantitative estimate of drug-likeness (QED) is 0.421. The number of rotatable bonds is 5. The highest BCUT2D eigenvalue weighted by atomic mass is 32.1. The number of alkyl halides is 3. The van der Waals surface area contributed by atoms with E-state index < -0.39 is 11.7 Å². The molecule has 0 N–H and O–H groups in total. The number of thiocarbonyl (C=S) groups is 1. The minimum absolute atomic E-state index is 0.343. The zero-order chi connectivity index (χ0) is 17.9. The van der Waals surface area contributed by atoms with Crippen LogP contribution in [0.4, 0.5) is 13.2 Å². The van der Waals surface area contributed by atoms with Crippen molar-refractivity contribution in [3.8, 4) is 11.5 Å². The van der Waals surface area contributed by atoms with Crippen LogP contribution in [0.1, 0.15) is 16.7 Å². The lowest BCUT2D eigenvalue weighted by Crippen LogP contribution is -2.06. The molecule has 2 aromatic rings. The van der Waals surface area contributed by atoms with Crippen LogP contribution in [-0.4, -0.2) is 19.1 Å². The molecule has 2 aromatic carbocycles. The lowest BCUT2D eigenvalue weighted by molar-refractivity contribution is -0.137. The summed E-state index contributed by atoms with van der Waals surface area (Å²) in [7, 11) is 3.04. The molecule has 2 rings (SSSR count). The third-order valence-corrected chi connectivity index (χ3v) is 3.96. The zero-order valence-corrected chi connectivity index (χ0v) is 13.9. The molecule has 0 aliphatic heterocycles. The maximum Gasteiger partial charge on any atom is 0.416 e. The van der Waals surface area contributed by atoms with Crippen LogP contribution in [0.15, 0.2) is 49.0 Å². The second-order valence-corrected chi connectivity index (χ2v) is 5.36. The summed E-state index contributed by atoms with van der Waals surface area (Å²) in [5.74, 6) is 1.15. The summed E-state index contributed by atoms with van der Waals surface area (Å²) < 4.78 is 48.4. The van der Waals surface area contributed by atoms with Crippen molar-refractivity contribution >= 4 is 22.7 Å². The summed E-state index contributed by atoms with van der Waals surface area (Å²) in [5, 5.41) is 0. The molecule has 0 spiro atoms. The molecule has 0 amide bonds. The zero-order valence-electron chi connectivity index (χ0n) is 13.1. The number of ether oxygens (including phenoxy) is 2. The highest BCUT2D eigenvalue weighted by Crippen LogP contribution is 2.33. The van der Waals surface area contributed by atoms with Crippen molar-refractivity contribution < 1.29 is 22.6 Å². The Morgan fingerprint density at radius 1 is 1.00 bits per heavy atom. The minimum atomic E-state index is -4.38. The van der Waals surface area contributed by atoms with E-state index in [1.54, 1.807) is 18.2 Å². The molecule has 0 aliphatic rings. The average molecular weight is 352 g/mol. The van der Waals surface area contributed by atoms with Crippen molar-refractivity contribution in [2.45, 2.75) is 6.18 Å².